The van der Waals surface area contributed by atoms with Crippen molar-refractivity contribution in [1.82, 2.24) is 5.06 Å². The highest BCUT2D eigenvalue weighted by atomic mass is 32.2. The Bertz CT molecular complexity index is 488. The summed E-state index contributed by atoms with van der Waals surface area (Å²) in [7, 11) is 0. The number of allylic oxidation sites excluding steroid dienone is 2. The van der Waals surface area contributed by atoms with Crippen LogP contribution in [0.4, 0.5) is 0 Å². The van der Waals surface area contributed by atoms with E-state index in [1.807, 2.05) is 42.5 Å². The highest BCUT2D eigenvalue weighted by molar-refractivity contribution is 8.03. The van der Waals surface area contributed by atoms with Gasteiger partial charge in [-0.05, 0) is 11.6 Å². The zero-order valence-corrected chi connectivity index (χ0v) is 10.0. The van der Waals surface area contributed by atoms with Gasteiger partial charge in [0.2, 0.25) is 0 Å². The van der Waals surface area contributed by atoms with Crippen LogP contribution in [-0.4, -0.2) is 22.7 Å². The van der Waals surface area contributed by atoms with Gasteiger partial charge in [0.25, 0.3) is 0 Å². The molecule has 1 aliphatic rings. The smallest absolute Gasteiger partial charge is 0.101 e. The van der Waals surface area contributed by atoms with E-state index in [0.717, 1.165) is 10.5 Å². The first kappa shape index (κ1) is 11.9. The zero-order valence-electron chi connectivity index (χ0n) is 9.21. The molecule has 0 saturated heterocycles. The number of nitriles is 1. The summed E-state index contributed by atoms with van der Waals surface area (Å²) in [5, 5.41) is 19.9. The average molecular weight is 244 g/mol. The molecule has 1 aromatic rings. The summed E-state index contributed by atoms with van der Waals surface area (Å²) < 4.78 is 0. The van der Waals surface area contributed by atoms with Gasteiger partial charge in [0.1, 0.15) is 6.07 Å². The van der Waals surface area contributed by atoms with Crippen molar-refractivity contribution in [3.05, 3.63) is 53.0 Å². The lowest BCUT2D eigenvalue weighted by atomic mass is 10.1. The van der Waals surface area contributed by atoms with Crippen molar-refractivity contribution in [3.8, 4) is 6.07 Å². The molecule has 0 aliphatic carbocycles. The van der Waals surface area contributed by atoms with Crippen LogP contribution in [-0.2, 0) is 0 Å². The van der Waals surface area contributed by atoms with Crippen molar-refractivity contribution in [2.24, 2.45) is 0 Å². The summed E-state index contributed by atoms with van der Waals surface area (Å²) in [5.41, 5.74) is 1.57. The van der Waals surface area contributed by atoms with Crippen molar-refractivity contribution in [2.45, 2.75) is 0 Å². The molecule has 0 atom stereocenters. The molecule has 0 fully saturated rings. The number of hydroxylamine groups is 2. The van der Waals surface area contributed by atoms with E-state index in [2.05, 4.69) is 6.07 Å². The highest BCUT2D eigenvalue weighted by Gasteiger charge is 2.11. The quantitative estimate of drug-likeness (QED) is 0.772. The van der Waals surface area contributed by atoms with E-state index in [-0.39, 0.29) is 0 Å². The van der Waals surface area contributed by atoms with Gasteiger partial charge in [-0.1, -0.05) is 36.4 Å². The topological polar surface area (TPSA) is 47.3 Å². The average Bonchev–Trinajstić information content (AvgIpc) is 2.57. The molecular formula is C13H12N2OS. The summed E-state index contributed by atoms with van der Waals surface area (Å²) in [6.45, 7) is 0.490. The molecule has 0 aromatic heterocycles. The van der Waals surface area contributed by atoms with Crippen LogP contribution in [0.3, 0.4) is 0 Å². The van der Waals surface area contributed by atoms with Crippen LogP contribution in [0.25, 0.3) is 5.57 Å². The number of benzene rings is 1. The van der Waals surface area contributed by atoms with E-state index in [4.69, 9.17) is 0 Å². The molecule has 1 aliphatic heterocycles. The molecule has 1 aromatic carbocycles. The van der Waals surface area contributed by atoms with Gasteiger partial charge in [-0.25, -0.2) is 0 Å². The maximum atomic E-state index is 9.39. The normalized spacial score (nSPS) is 19.5. The minimum atomic E-state index is 0.473. The van der Waals surface area contributed by atoms with Crippen LogP contribution in [0, 0.1) is 11.3 Å². The Hall–Kier alpha value is -1.54. The second-order valence-corrected chi connectivity index (χ2v) is 4.57. The van der Waals surface area contributed by atoms with Gasteiger partial charge in [-0.2, -0.15) is 10.3 Å². The predicted molar refractivity (Wildman–Crippen MR) is 69.1 cm³/mol. The van der Waals surface area contributed by atoms with Crippen LogP contribution in [0.2, 0.25) is 0 Å². The molecule has 0 bridgehead atoms. The van der Waals surface area contributed by atoms with Crippen LogP contribution in [0.1, 0.15) is 5.56 Å². The van der Waals surface area contributed by atoms with E-state index in [1.165, 1.54) is 16.8 Å². The van der Waals surface area contributed by atoms with Gasteiger partial charge in [-0.15, -0.1) is 11.8 Å². The lowest BCUT2D eigenvalue weighted by Gasteiger charge is -2.09. The van der Waals surface area contributed by atoms with Crippen LogP contribution >= 0.6 is 11.8 Å². The van der Waals surface area contributed by atoms with E-state index in [9.17, 15) is 10.5 Å². The number of nitrogens with zero attached hydrogens (tertiary/aromatic N) is 2. The third kappa shape index (κ3) is 2.98. The van der Waals surface area contributed by atoms with Gasteiger partial charge >= 0.3 is 0 Å². The fourth-order valence-electron chi connectivity index (χ4n) is 1.55. The molecule has 0 unspecified atom stereocenters. The molecule has 0 spiro atoms. The summed E-state index contributed by atoms with van der Waals surface area (Å²) in [6.07, 6.45) is 3.75. The third-order valence-corrected chi connectivity index (χ3v) is 3.45. The lowest BCUT2D eigenvalue weighted by molar-refractivity contribution is -0.0601. The molecule has 3 nitrogen and oxygen atoms in total. The van der Waals surface area contributed by atoms with E-state index in [0.29, 0.717) is 18.0 Å². The van der Waals surface area contributed by atoms with E-state index in [1.54, 1.807) is 0 Å². The standard InChI is InChI=1S/C13H12N2OS/c14-9-12(11-5-2-1-3-6-11)13-7-4-8-15(16)10-17-13/h1-7,16H,8,10H2/b13-12-. The zero-order chi connectivity index (χ0) is 12.1. The third-order valence-electron chi connectivity index (χ3n) is 2.38. The number of thioether (sulfide) groups is 1. The van der Waals surface area contributed by atoms with Gasteiger partial charge in [-0.3, -0.25) is 0 Å². The fourth-order valence-corrected chi connectivity index (χ4v) is 2.44. The molecule has 1 heterocycles. The van der Waals surface area contributed by atoms with Crippen LogP contribution in [0.15, 0.2) is 47.4 Å². The second-order valence-electron chi connectivity index (χ2n) is 3.58. The van der Waals surface area contributed by atoms with Crippen molar-refractivity contribution < 1.29 is 5.21 Å². The number of rotatable bonds is 1. The minimum Gasteiger partial charge on any atom is -0.313 e. The Labute approximate surface area is 105 Å². The Kier molecular flexibility index (Phi) is 3.99. The lowest BCUT2D eigenvalue weighted by Crippen LogP contribution is -2.16. The first-order valence-electron chi connectivity index (χ1n) is 5.24. The summed E-state index contributed by atoms with van der Waals surface area (Å²) in [5.74, 6) is 0.473. The van der Waals surface area contributed by atoms with E-state index < -0.39 is 0 Å². The van der Waals surface area contributed by atoms with Gasteiger partial charge in [0, 0.05) is 11.4 Å². The number of hydrogen-bond donors (Lipinski definition) is 1. The van der Waals surface area contributed by atoms with Crippen LogP contribution < -0.4 is 0 Å². The van der Waals surface area contributed by atoms with Crippen molar-refractivity contribution >= 4 is 17.3 Å². The van der Waals surface area contributed by atoms with Crippen molar-refractivity contribution in [1.29, 1.82) is 5.26 Å². The summed E-state index contributed by atoms with van der Waals surface area (Å²) in [6, 6.07) is 11.8. The van der Waals surface area contributed by atoms with Gasteiger partial charge in [0.15, 0.2) is 0 Å². The highest BCUT2D eigenvalue weighted by Crippen LogP contribution is 2.29. The van der Waals surface area contributed by atoms with Crippen LogP contribution in [0.5, 0.6) is 0 Å². The molecule has 2 rings (SSSR count). The SMILES string of the molecule is N#C/C(=C1\C=CCN(O)CS1)c1ccccc1. The first-order valence-corrected chi connectivity index (χ1v) is 6.23. The molecule has 0 amide bonds. The number of hydrogen-bond acceptors (Lipinski definition) is 4. The maximum Gasteiger partial charge on any atom is 0.101 e. The molecule has 0 radical (unpaired) electrons. The molecule has 0 saturated carbocycles. The monoisotopic (exact) mass is 244 g/mol. The Morgan fingerprint density at radius 1 is 1.35 bits per heavy atom. The van der Waals surface area contributed by atoms with Crippen molar-refractivity contribution in [3.63, 3.8) is 0 Å². The Balaban J connectivity index is 2.38. The predicted octanol–water partition coefficient (Wildman–Crippen LogP) is 2.87. The largest absolute Gasteiger partial charge is 0.313 e. The Morgan fingerprint density at radius 2 is 2.12 bits per heavy atom. The van der Waals surface area contributed by atoms with E-state index >= 15 is 0 Å². The second kappa shape index (κ2) is 5.69. The van der Waals surface area contributed by atoms with Crippen molar-refractivity contribution in [2.75, 3.05) is 12.4 Å². The Morgan fingerprint density at radius 3 is 2.82 bits per heavy atom. The summed E-state index contributed by atoms with van der Waals surface area (Å²) >= 11 is 1.47. The molecule has 17 heavy (non-hydrogen) atoms. The summed E-state index contributed by atoms with van der Waals surface area (Å²) in [4.78, 5) is 0.898. The van der Waals surface area contributed by atoms with Gasteiger partial charge < -0.3 is 5.21 Å². The first-order chi connectivity index (χ1) is 8.31. The molecular weight excluding hydrogens is 232 g/mol. The molecule has 1 N–H and O–H groups in total. The van der Waals surface area contributed by atoms with Gasteiger partial charge in [0.05, 0.1) is 11.4 Å². The fraction of sp³-hybridized carbons (Fsp3) is 0.154. The molecule has 4 heteroatoms. The molecule has 86 valence electrons. The maximum absolute atomic E-state index is 9.39. The minimum absolute atomic E-state index is 0.473.